The number of carbonyl (C=O) groups excluding carboxylic acids is 2. The predicted octanol–water partition coefficient (Wildman–Crippen LogP) is -0.418. The van der Waals surface area contributed by atoms with E-state index >= 15 is 0 Å². The number of thioether (sulfide) groups is 1. The highest BCUT2D eigenvalue weighted by Crippen LogP contribution is 2.19. The predicted molar refractivity (Wildman–Crippen MR) is 72.4 cm³/mol. The van der Waals surface area contributed by atoms with E-state index in [9.17, 15) is 14.4 Å². The van der Waals surface area contributed by atoms with Crippen molar-refractivity contribution in [1.29, 1.82) is 0 Å². The summed E-state index contributed by atoms with van der Waals surface area (Å²) >= 11 is 1.03. The molecule has 20 heavy (non-hydrogen) atoms. The molecule has 2 aromatic rings. The molecule has 0 aliphatic heterocycles. The van der Waals surface area contributed by atoms with Crippen molar-refractivity contribution in [2.24, 2.45) is 0 Å². The van der Waals surface area contributed by atoms with Gasteiger partial charge in [-0.2, -0.15) is 5.10 Å². The summed E-state index contributed by atoms with van der Waals surface area (Å²) in [5, 5.41) is 10.7. The van der Waals surface area contributed by atoms with Gasteiger partial charge in [0.2, 0.25) is 5.91 Å². The highest BCUT2D eigenvalue weighted by molar-refractivity contribution is 8.00. The largest absolute Gasteiger partial charge is 0.341 e. The molecule has 0 saturated heterocycles. The van der Waals surface area contributed by atoms with Crippen molar-refractivity contribution in [3.8, 4) is 0 Å². The average molecular weight is 296 g/mol. The highest BCUT2D eigenvalue weighted by atomic mass is 32.2. The van der Waals surface area contributed by atoms with Gasteiger partial charge in [-0.05, 0) is 6.92 Å². The third-order valence-electron chi connectivity index (χ3n) is 2.42. The summed E-state index contributed by atoms with van der Waals surface area (Å²) in [5.74, 6) is -0.485. The monoisotopic (exact) mass is 296 g/mol. The smallest absolute Gasteiger partial charge is 0.321 e. The fraction of sp³-hybridized carbons (Fsp3) is 0.300. The molecular weight excluding hydrogens is 284 g/mol. The average Bonchev–Trinajstić information content (AvgIpc) is 2.87. The second-order valence-electron chi connectivity index (χ2n) is 3.83. The molecule has 10 heteroatoms. The van der Waals surface area contributed by atoms with Crippen molar-refractivity contribution in [2.75, 3.05) is 7.05 Å². The van der Waals surface area contributed by atoms with Gasteiger partial charge in [0.25, 0.3) is 5.56 Å². The fourth-order valence-electron chi connectivity index (χ4n) is 1.38. The highest BCUT2D eigenvalue weighted by Gasteiger charge is 2.18. The Balaban J connectivity index is 2.13. The summed E-state index contributed by atoms with van der Waals surface area (Å²) in [7, 11) is 1.41. The zero-order valence-corrected chi connectivity index (χ0v) is 11.5. The van der Waals surface area contributed by atoms with Crippen molar-refractivity contribution in [2.45, 2.75) is 17.3 Å². The molecular formula is C10H12N6O3S. The zero-order chi connectivity index (χ0) is 14.7. The Hall–Kier alpha value is -2.36. The van der Waals surface area contributed by atoms with Gasteiger partial charge in [-0.15, -0.1) is 0 Å². The first kappa shape index (κ1) is 14.1. The lowest BCUT2D eigenvalue weighted by atomic mass is 10.4. The molecule has 1 atom stereocenters. The molecule has 0 fully saturated rings. The van der Waals surface area contributed by atoms with Gasteiger partial charge < -0.3 is 10.3 Å². The van der Waals surface area contributed by atoms with Gasteiger partial charge in [0.1, 0.15) is 5.39 Å². The summed E-state index contributed by atoms with van der Waals surface area (Å²) in [5.41, 5.74) is 0.000295. The molecule has 0 unspecified atom stereocenters. The molecule has 0 aromatic carbocycles. The molecule has 2 rings (SSSR count). The molecule has 0 spiro atoms. The number of hydrogen-bond donors (Lipinski definition) is 4. The van der Waals surface area contributed by atoms with Crippen molar-refractivity contribution in [3.05, 3.63) is 16.6 Å². The SMILES string of the molecule is CNC(=O)NC(=O)[C@@H](C)Sc1nc2[nH]ncc2c(=O)[nH]1. The maximum atomic E-state index is 11.7. The molecule has 0 aliphatic carbocycles. The van der Waals surface area contributed by atoms with Crippen LogP contribution in [0.15, 0.2) is 16.1 Å². The van der Waals surface area contributed by atoms with Crippen molar-refractivity contribution in [3.63, 3.8) is 0 Å². The lowest BCUT2D eigenvalue weighted by Gasteiger charge is -2.09. The minimum atomic E-state index is -0.601. The lowest BCUT2D eigenvalue weighted by Crippen LogP contribution is -2.41. The Kier molecular flexibility index (Phi) is 4.03. The molecule has 4 N–H and O–H groups in total. The van der Waals surface area contributed by atoms with E-state index in [1.165, 1.54) is 13.2 Å². The Morgan fingerprint density at radius 3 is 2.90 bits per heavy atom. The second-order valence-corrected chi connectivity index (χ2v) is 5.16. The molecule has 2 aromatic heterocycles. The summed E-state index contributed by atoms with van der Waals surface area (Å²) in [4.78, 5) is 41.1. The number of nitrogens with zero attached hydrogens (tertiary/aromatic N) is 2. The first-order chi connectivity index (χ1) is 9.51. The summed E-state index contributed by atoms with van der Waals surface area (Å²) in [6.07, 6.45) is 1.37. The van der Waals surface area contributed by atoms with Crippen LogP contribution in [0.2, 0.25) is 0 Å². The minimum absolute atomic E-state index is 0.270. The van der Waals surface area contributed by atoms with Crippen LogP contribution in [-0.4, -0.2) is 44.4 Å². The molecule has 0 bridgehead atoms. The number of aromatic nitrogens is 4. The molecule has 9 nitrogen and oxygen atoms in total. The van der Waals surface area contributed by atoms with Gasteiger partial charge in [0.15, 0.2) is 10.8 Å². The minimum Gasteiger partial charge on any atom is -0.341 e. The van der Waals surface area contributed by atoms with E-state index < -0.39 is 17.2 Å². The number of rotatable bonds is 3. The third kappa shape index (κ3) is 2.96. The Morgan fingerprint density at radius 1 is 1.45 bits per heavy atom. The van der Waals surface area contributed by atoms with Crippen LogP contribution < -0.4 is 16.2 Å². The van der Waals surface area contributed by atoms with Gasteiger partial charge in [-0.3, -0.25) is 20.0 Å². The van der Waals surface area contributed by atoms with Gasteiger partial charge in [-0.1, -0.05) is 11.8 Å². The fourth-order valence-corrected chi connectivity index (χ4v) is 2.17. The second kappa shape index (κ2) is 5.74. The summed E-state index contributed by atoms with van der Waals surface area (Å²) in [6.45, 7) is 1.60. The molecule has 106 valence electrons. The molecule has 0 aliphatic rings. The lowest BCUT2D eigenvalue weighted by molar-refractivity contribution is -0.119. The maximum absolute atomic E-state index is 11.7. The van der Waals surface area contributed by atoms with E-state index in [2.05, 4.69) is 30.8 Å². The molecule has 3 amide bonds. The number of urea groups is 1. The van der Waals surface area contributed by atoms with Crippen LogP contribution in [0.25, 0.3) is 11.0 Å². The number of amides is 3. The van der Waals surface area contributed by atoms with E-state index in [1.807, 2.05) is 0 Å². The van der Waals surface area contributed by atoms with Crippen LogP contribution in [0.4, 0.5) is 4.79 Å². The quantitative estimate of drug-likeness (QED) is 0.449. The van der Waals surface area contributed by atoms with E-state index in [0.29, 0.717) is 11.0 Å². The summed E-state index contributed by atoms with van der Waals surface area (Å²) < 4.78 is 0. The molecule has 0 saturated carbocycles. The van der Waals surface area contributed by atoms with Gasteiger partial charge in [-0.25, -0.2) is 9.78 Å². The first-order valence-electron chi connectivity index (χ1n) is 5.64. The normalized spacial score (nSPS) is 12.1. The van der Waals surface area contributed by atoms with Crippen molar-refractivity contribution in [1.82, 2.24) is 30.8 Å². The van der Waals surface area contributed by atoms with Crippen LogP contribution in [0.3, 0.4) is 0 Å². The number of aromatic amines is 2. The van der Waals surface area contributed by atoms with Crippen molar-refractivity contribution >= 4 is 34.7 Å². The van der Waals surface area contributed by atoms with Crippen LogP contribution in [0, 0.1) is 0 Å². The Labute approximate surface area is 116 Å². The first-order valence-corrected chi connectivity index (χ1v) is 6.52. The van der Waals surface area contributed by atoms with Crippen LogP contribution >= 0.6 is 11.8 Å². The van der Waals surface area contributed by atoms with Crippen LogP contribution in [0.5, 0.6) is 0 Å². The Bertz CT molecular complexity index is 708. The number of carbonyl (C=O) groups is 2. The number of fused-ring (bicyclic) bond motifs is 1. The number of hydrogen-bond acceptors (Lipinski definition) is 6. The Morgan fingerprint density at radius 2 is 2.20 bits per heavy atom. The maximum Gasteiger partial charge on any atom is 0.321 e. The number of imide groups is 1. The number of H-pyrrole nitrogens is 2. The van der Waals surface area contributed by atoms with E-state index in [0.717, 1.165) is 11.8 Å². The summed E-state index contributed by atoms with van der Waals surface area (Å²) in [6, 6.07) is -0.590. The zero-order valence-electron chi connectivity index (χ0n) is 10.7. The van der Waals surface area contributed by atoms with Gasteiger partial charge >= 0.3 is 6.03 Å². The third-order valence-corrected chi connectivity index (χ3v) is 3.40. The van der Waals surface area contributed by atoms with Crippen LogP contribution in [0.1, 0.15) is 6.92 Å². The number of nitrogens with one attached hydrogen (secondary N) is 4. The van der Waals surface area contributed by atoms with E-state index in [4.69, 9.17) is 0 Å². The van der Waals surface area contributed by atoms with E-state index in [1.54, 1.807) is 6.92 Å². The standard InChI is InChI=1S/C10H12N6O3S/c1-4(7(17)14-9(19)11-2)20-10-13-6-5(3-12-16-6)8(18)15-10/h3-4H,1-2H3,(H2,11,14,17,19)(H2,12,13,15,16,18)/t4-/m1/s1. The topological polar surface area (TPSA) is 133 Å². The van der Waals surface area contributed by atoms with Crippen molar-refractivity contribution < 1.29 is 9.59 Å². The van der Waals surface area contributed by atoms with E-state index in [-0.39, 0.29) is 10.7 Å². The molecule has 2 heterocycles. The van der Waals surface area contributed by atoms with Crippen LogP contribution in [-0.2, 0) is 4.79 Å². The van der Waals surface area contributed by atoms with Gasteiger partial charge in [0.05, 0.1) is 11.4 Å². The molecule has 0 radical (unpaired) electrons. The van der Waals surface area contributed by atoms with Gasteiger partial charge in [0, 0.05) is 7.05 Å².